The first-order chi connectivity index (χ1) is 13.0. The summed E-state index contributed by atoms with van der Waals surface area (Å²) in [6.07, 6.45) is 6.29. The predicted molar refractivity (Wildman–Crippen MR) is 102 cm³/mol. The SMILES string of the molecule is CCNC(=O)[C@@H]1C[C@H](NC(=O)c2cccn2C)CN1Cc1cnn(CC)c1. The van der Waals surface area contributed by atoms with Gasteiger partial charge in [-0.15, -0.1) is 0 Å². The summed E-state index contributed by atoms with van der Waals surface area (Å²) in [5, 5.41) is 10.3. The quantitative estimate of drug-likeness (QED) is 0.751. The van der Waals surface area contributed by atoms with Gasteiger partial charge in [0.1, 0.15) is 5.69 Å². The zero-order valence-electron chi connectivity index (χ0n) is 16.2. The van der Waals surface area contributed by atoms with Crippen LogP contribution in [0.2, 0.25) is 0 Å². The molecule has 27 heavy (non-hydrogen) atoms. The number of likely N-dealkylation sites (tertiary alicyclic amines) is 1. The molecule has 2 N–H and O–H groups in total. The Morgan fingerprint density at radius 3 is 2.78 bits per heavy atom. The van der Waals surface area contributed by atoms with E-state index in [1.165, 1.54) is 0 Å². The van der Waals surface area contributed by atoms with Crippen molar-refractivity contribution in [3.63, 3.8) is 0 Å². The van der Waals surface area contributed by atoms with E-state index in [1.807, 2.05) is 50.2 Å². The first-order valence-corrected chi connectivity index (χ1v) is 9.47. The topological polar surface area (TPSA) is 84.2 Å². The molecule has 2 aromatic rings. The fraction of sp³-hybridized carbons (Fsp3) is 0.526. The van der Waals surface area contributed by atoms with Crippen molar-refractivity contribution in [2.75, 3.05) is 13.1 Å². The Labute approximate surface area is 159 Å². The van der Waals surface area contributed by atoms with Gasteiger partial charge in [0.2, 0.25) is 5.91 Å². The van der Waals surface area contributed by atoms with Gasteiger partial charge in [0.25, 0.3) is 5.91 Å². The van der Waals surface area contributed by atoms with E-state index in [1.54, 1.807) is 10.6 Å². The second-order valence-electron chi connectivity index (χ2n) is 6.95. The molecule has 0 unspecified atom stereocenters. The Kier molecular flexibility index (Phi) is 5.95. The Bertz CT molecular complexity index is 796. The number of rotatable bonds is 7. The van der Waals surface area contributed by atoms with Gasteiger partial charge in [0.05, 0.1) is 12.2 Å². The highest BCUT2D eigenvalue weighted by Gasteiger charge is 2.37. The number of carbonyl (C=O) groups excluding carboxylic acids is 2. The van der Waals surface area contributed by atoms with Gasteiger partial charge in [-0.25, -0.2) is 0 Å². The average Bonchev–Trinajstić information content (AvgIpc) is 3.35. The molecule has 2 aromatic heterocycles. The van der Waals surface area contributed by atoms with Crippen LogP contribution in [0.5, 0.6) is 0 Å². The summed E-state index contributed by atoms with van der Waals surface area (Å²) in [5.74, 6) is -0.0983. The van der Waals surface area contributed by atoms with Gasteiger partial charge in [-0.05, 0) is 32.4 Å². The normalized spacial score (nSPS) is 20.0. The highest BCUT2D eigenvalue weighted by Crippen LogP contribution is 2.21. The minimum atomic E-state index is -0.256. The molecule has 1 saturated heterocycles. The van der Waals surface area contributed by atoms with E-state index in [0.717, 1.165) is 12.1 Å². The Morgan fingerprint density at radius 1 is 1.33 bits per heavy atom. The van der Waals surface area contributed by atoms with Gasteiger partial charge in [-0.2, -0.15) is 5.10 Å². The summed E-state index contributed by atoms with van der Waals surface area (Å²) >= 11 is 0. The zero-order chi connectivity index (χ0) is 19.4. The van der Waals surface area contributed by atoms with Gasteiger partial charge in [-0.1, -0.05) is 0 Å². The molecule has 0 spiro atoms. The summed E-state index contributed by atoms with van der Waals surface area (Å²) in [5.41, 5.74) is 1.69. The molecule has 1 aliphatic heterocycles. The number of aromatic nitrogens is 3. The van der Waals surface area contributed by atoms with Gasteiger partial charge in [0, 0.05) is 57.2 Å². The largest absolute Gasteiger partial charge is 0.355 e. The van der Waals surface area contributed by atoms with Crippen molar-refractivity contribution in [2.24, 2.45) is 7.05 Å². The van der Waals surface area contributed by atoms with Gasteiger partial charge < -0.3 is 15.2 Å². The monoisotopic (exact) mass is 372 g/mol. The fourth-order valence-corrected chi connectivity index (χ4v) is 3.60. The summed E-state index contributed by atoms with van der Waals surface area (Å²) in [4.78, 5) is 27.2. The van der Waals surface area contributed by atoms with Crippen LogP contribution in [0, 0.1) is 0 Å². The smallest absolute Gasteiger partial charge is 0.268 e. The number of hydrogen-bond donors (Lipinski definition) is 2. The Balaban J connectivity index is 1.69. The minimum absolute atomic E-state index is 0.0102. The number of aryl methyl sites for hydroxylation is 2. The maximum Gasteiger partial charge on any atom is 0.268 e. The summed E-state index contributed by atoms with van der Waals surface area (Å²) in [6.45, 7) is 6.64. The van der Waals surface area contributed by atoms with Crippen molar-refractivity contribution in [1.82, 2.24) is 29.9 Å². The molecule has 3 heterocycles. The molecular weight excluding hydrogens is 344 g/mol. The second kappa shape index (κ2) is 8.39. The maximum absolute atomic E-state index is 12.5. The van der Waals surface area contributed by atoms with Gasteiger partial charge >= 0.3 is 0 Å². The lowest BCUT2D eigenvalue weighted by molar-refractivity contribution is -0.125. The molecule has 0 radical (unpaired) electrons. The van der Waals surface area contributed by atoms with Crippen molar-refractivity contribution in [1.29, 1.82) is 0 Å². The van der Waals surface area contributed by atoms with E-state index in [0.29, 0.717) is 31.7 Å². The first-order valence-electron chi connectivity index (χ1n) is 9.47. The van der Waals surface area contributed by atoms with E-state index in [2.05, 4.69) is 20.6 Å². The van der Waals surface area contributed by atoms with Crippen LogP contribution in [-0.4, -0.2) is 56.2 Å². The molecule has 0 saturated carbocycles. The number of amides is 2. The molecule has 146 valence electrons. The summed E-state index contributed by atoms with van der Waals surface area (Å²) in [6, 6.07) is 3.32. The molecule has 8 nitrogen and oxygen atoms in total. The second-order valence-corrected chi connectivity index (χ2v) is 6.95. The van der Waals surface area contributed by atoms with Crippen LogP contribution in [-0.2, 0) is 24.9 Å². The number of hydrogen-bond acceptors (Lipinski definition) is 4. The van der Waals surface area contributed by atoms with Gasteiger partial charge in [0.15, 0.2) is 0 Å². The van der Waals surface area contributed by atoms with Crippen LogP contribution < -0.4 is 10.6 Å². The van der Waals surface area contributed by atoms with E-state index in [9.17, 15) is 9.59 Å². The molecule has 0 aromatic carbocycles. The highest BCUT2D eigenvalue weighted by molar-refractivity contribution is 5.93. The number of nitrogens with zero attached hydrogens (tertiary/aromatic N) is 4. The van der Waals surface area contributed by atoms with Crippen LogP contribution in [0.15, 0.2) is 30.7 Å². The number of nitrogens with one attached hydrogen (secondary N) is 2. The van der Waals surface area contributed by atoms with Crippen molar-refractivity contribution < 1.29 is 9.59 Å². The Hall–Kier alpha value is -2.61. The molecule has 0 aliphatic carbocycles. The van der Waals surface area contributed by atoms with Crippen LogP contribution in [0.25, 0.3) is 0 Å². The average molecular weight is 372 g/mol. The predicted octanol–water partition coefficient (Wildman–Crippen LogP) is 0.751. The molecule has 2 amide bonds. The highest BCUT2D eigenvalue weighted by atomic mass is 16.2. The van der Waals surface area contributed by atoms with Crippen LogP contribution in [0.1, 0.15) is 36.3 Å². The minimum Gasteiger partial charge on any atom is -0.355 e. The van der Waals surface area contributed by atoms with Crippen molar-refractivity contribution >= 4 is 11.8 Å². The molecule has 2 atom stereocenters. The molecular formula is C19H28N6O2. The lowest BCUT2D eigenvalue weighted by Gasteiger charge is -2.22. The maximum atomic E-state index is 12.5. The molecule has 1 aliphatic rings. The molecule has 8 heteroatoms. The first kappa shape index (κ1) is 19.2. The lowest BCUT2D eigenvalue weighted by atomic mass is 10.1. The molecule has 3 rings (SSSR count). The summed E-state index contributed by atoms with van der Waals surface area (Å²) in [7, 11) is 1.85. The summed E-state index contributed by atoms with van der Waals surface area (Å²) < 4.78 is 3.67. The van der Waals surface area contributed by atoms with Crippen LogP contribution >= 0.6 is 0 Å². The third-order valence-electron chi connectivity index (χ3n) is 4.97. The number of likely N-dealkylation sites (N-methyl/N-ethyl adjacent to an activating group) is 1. The lowest BCUT2D eigenvalue weighted by Crippen LogP contribution is -2.42. The van der Waals surface area contributed by atoms with Gasteiger partial charge in [-0.3, -0.25) is 19.2 Å². The van der Waals surface area contributed by atoms with E-state index < -0.39 is 0 Å². The van der Waals surface area contributed by atoms with Crippen molar-refractivity contribution in [3.8, 4) is 0 Å². The van der Waals surface area contributed by atoms with Crippen molar-refractivity contribution in [2.45, 2.75) is 45.4 Å². The van der Waals surface area contributed by atoms with E-state index >= 15 is 0 Å². The Morgan fingerprint density at radius 2 is 2.15 bits per heavy atom. The van der Waals surface area contributed by atoms with Crippen molar-refractivity contribution in [3.05, 3.63) is 42.0 Å². The fourth-order valence-electron chi connectivity index (χ4n) is 3.60. The molecule has 0 bridgehead atoms. The number of carbonyl (C=O) groups is 2. The third-order valence-corrected chi connectivity index (χ3v) is 4.97. The van der Waals surface area contributed by atoms with E-state index in [-0.39, 0.29) is 23.9 Å². The standard InChI is InChI=1S/C19H28N6O2/c1-4-20-18(26)17-9-15(22-19(27)16-7-6-8-23(16)3)13-24(17)11-14-10-21-25(5-2)12-14/h6-8,10,12,15,17H,4-5,9,11,13H2,1-3H3,(H,20,26)(H,22,27)/t15-,17-/m0/s1. The van der Waals surface area contributed by atoms with Crippen LogP contribution in [0.3, 0.4) is 0 Å². The van der Waals surface area contributed by atoms with Crippen LogP contribution in [0.4, 0.5) is 0 Å². The zero-order valence-corrected chi connectivity index (χ0v) is 16.2. The third kappa shape index (κ3) is 4.39. The molecule has 1 fully saturated rings. The van der Waals surface area contributed by atoms with E-state index in [4.69, 9.17) is 0 Å².